The molecular weight excluding hydrogens is 370 g/mol. The molecule has 0 unspecified atom stereocenters. The molecule has 1 fully saturated rings. The Morgan fingerprint density at radius 2 is 1.59 bits per heavy atom. The lowest BCUT2D eigenvalue weighted by Crippen LogP contribution is -2.47. The van der Waals surface area contributed by atoms with Crippen LogP contribution >= 0.6 is 0 Å². The number of halogens is 4. The molecular formula is C16H13F4N5O2. The van der Waals surface area contributed by atoms with Crippen molar-refractivity contribution in [1.29, 1.82) is 0 Å². The van der Waals surface area contributed by atoms with Crippen molar-refractivity contribution in [3.05, 3.63) is 53.6 Å². The molecule has 11 heteroatoms. The molecule has 1 aromatic carbocycles. The largest absolute Gasteiger partial charge is 0.472 e. The summed E-state index contributed by atoms with van der Waals surface area (Å²) in [6.45, 7) is 0. The fraction of sp³-hybridized carbons (Fsp3) is 0.250. The van der Waals surface area contributed by atoms with Crippen LogP contribution in [0.5, 0.6) is 0 Å². The molecule has 1 aliphatic rings. The lowest BCUT2D eigenvalue weighted by atomic mass is 10.1. The normalized spacial score (nSPS) is 15.0. The number of nitrogens with one attached hydrogen (secondary N) is 3. The number of hydrazine groups is 1. The van der Waals surface area contributed by atoms with E-state index in [4.69, 9.17) is 0 Å². The van der Waals surface area contributed by atoms with E-state index in [2.05, 4.69) is 15.3 Å². The zero-order chi connectivity index (χ0) is 19.7. The minimum atomic E-state index is -5.11. The predicted molar refractivity (Wildman–Crippen MR) is 84.6 cm³/mol. The Morgan fingerprint density at radius 3 is 2.11 bits per heavy atom. The summed E-state index contributed by atoms with van der Waals surface area (Å²) in [4.78, 5) is 30.3. The smallest absolute Gasteiger partial charge is 0.345 e. The second-order valence-electron chi connectivity index (χ2n) is 5.92. The van der Waals surface area contributed by atoms with E-state index < -0.39 is 23.5 Å². The fourth-order valence-corrected chi connectivity index (χ4v) is 2.36. The van der Waals surface area contributed by atoms with Gasteiger partial charge in [-0.3, -0.25) is 20.4 Å². The average Bonchev–Trinajstić information content (AvgIpc) is 3.40. The zero-order valence-electron chi connectivity index (χ0n) is 13.6. The zero-order valence-corrected chi connectivity index (χ0v) is 13.6. The van der Waals surface area contributed by atoms with Crippen molar-refractivity contribution in [3.63, 3.8) is 0 Å². The molecule has 7 nitrogen and oxygen atoms in total. The molecule has 27 heavy (non-hydrogen) atoms. The molecule has 3 N–H and O–H groups in total. The Balaban J connectivity index is 1.61. The van der Waals surface area contributed by atoms with Gasteiger partial charge in [0.15, 0.2) is 0 Å². The molecule has 0 aliphatic heterocycles. The highest BCUT2D eigenvalue weighted by Crippen LogP contribution is 2.47. The van der Waals surface area contributed by atoms with Crippen molar-refractivity contribution < 1.29 is 27.2 Å². The molecule has 1 aromatic heterocycles. The van der Waals surface area contributed by atoms with Gasteiger partial charge in [-0.25, -0.2) is 14.4 Å². The first-order chi connectivity index (χ1) is 12.7. The number of aromatic nitrogens is 2. The van der Waals surface area contributed by atoms with Crippen LogP contribution in [0.15, 0.2) is 36.7 Å². The second-order valence-corrected chi connectivity index (χ2v) is 5.92. The van der Waals surface area contributed by atoms with Gasteiger partial charge in [0.25, 0.3) is 5.91 Å². The summed E-state index contributed by atoms with van der Waals surface area (Å²) in [5, 5.41) is 3.11. The molecule has 0 saturated heterocycles. The summed E-state index contributed by atoms with van der Waals surface area (Å²) >= 11 is 0. The number of amides is 2. The Kier molecular flexibility index (Phi) is 4.68. The molecule has 0 spiro atoms. The highest BCUT2D eigenvalue weighted by molar-refractivity contribution is 5.95. The molecule has 1 saturated carbocycles. The van der Waals surface area contributed by atoms with Crippen LogP contribution in [-0.2, 0) is 10.3 Å². The van der Waals surface area contributed by atoms with Gasteiger partial charge in [-0.1, -0.05) is 12.1 Å². The predicted octanol–water partition coefficient (Wildman–Crippen LogP) is 2.04. The summed E-state index contributed by atoms with van der Waals surface area (Å²) < 4.78 is 49.2. The van der Waals surface area contributed by atoms with E-state index >= 15 is 0 Å². The SMILES string of the molecule is O=C(NNC(=O)C(F)(F)F)c1cnc(NC2(c3ccc(F)cc3)CC2)nc1. The standard InChI is InChI=1S/C16H13F4N5O2/c17-11-3-1-10(2-4-11)15(5-6-15)23-14-21-7-9(8-22-14)12(26)24-25-13(27)16(18,19)20/h1-4,7-8H,5-6H2,(H,24,26)(H,25,27)(H,21,22,23). The van der Waals surface area contributed by atoms with Crippen LogP contribution in [-0.4, -0.2) is 28.0 Å². The molecule has 0 atom stereocenters. The monoisotopic (exact) mass is 383 g/mol. The first-order valence-electron chi connectivity index (χ1n) is 7.73. The van der Waals surface area contributed by atoms with Crippen molar-refractivity contribution in [2.45, 2.75) is 24.6 Å². The summed E-state index contributed by atoms with van der Waals surface area (Å²) in [7, 11) is 0. The Hall–Kier alpha value is -3.24. The maximum absolute atomic E-state index is 13.0. The van der Waals surface area contributed by atoms with Crippen LogP contribution < -0.4 is 16.2 Å². The maximum Gasteiger partial charge on any atom is 0.472 e. The third kappa shape index (κ3) is 4.30. The van der Waals surface area contributed by atoms with Crippen LogP contribution in [0.2, 0.25) is 0 Å². The Bertz CT molecular complexity index is 849. The van der Waals surface area contributed by atoms with Crippen LogP contribution in [0, 0.1) is 5.82 Å². The molecule has 2 aromatic rings. The number of benzene rings is 1. The van der Waals surface area contributed by atoms with E-state index in [1.807, 2.05) is 0 Å². The molecule has 1 aliphatic carbocycles. The van der Waals surface area contributed by atoms with Crippen molar-refractivity contribution >= 4 is 17.8 Å². The highest BCUT2D eigenvalue weighted by Gasteiger charge is 2.45. The number of rotatable bonds is 4. The lowest BCUT2D eigenvalue weighted by molar-refractivity contribution is -0.174. The number of hydrogen-bond donors (Lipinski definition) is 3. The molecule has 142 valence electrons. The van der Waals surface area contributed by atoms with E-state index in [1.54, 1.807) is 17.6 Å². The number of carbonyl (C=O) groups excluding carboxylic acids is 2. The van der Waals surface area contributed by atoms with Gasteiger partial charge in [-0.2, -0.15) is 13.2 Å². The van der Waals surface area contributed by atoms with Crippen molar-refractivity contribution in [2.75, 3.05) is 5.32 Å². The van der Waals surface area contributed by atoms with Gasteiger partial charge in [0, 0.05) is 12.4 Å². The van der Waals surface area contributed by atoms with Gasteiger partial charge in [-0.15, -0.1) is 0 Å². The highest BCUT2D eigenvalue weighted by atomic mass is 19.4. The van der Waals surface area contributed by atoms with Gasteiger partial charge in [0.1, 0.15) is 5.82 Å². The van der Waals surface area contributed by atoms with E-state index in [1.165, 1.54) is 17.6 Å². The molecule has 2 amide bonds. The van der Waals surface area contributed by atoms with E-state index in [-0.39, 0.29) is 17.3 Å². The maximum atomic E-state index is 13.0. The molecule has 3 rings (SSSR count). The Labute approximate surface area is 150 Å². The van der Waals surface area contributed by atoms with Gasteiger partial charge in [-0.05, 0) is 30.5 Å². The number of alkyl halides is 3. The van der Waals surface area contributed by atoms with E-state index in [9.17, 15) is 27.2 Å². The number of anilines is 1. The fourth-order valence-electron chi connectivity index (χ4n) is 2.36. The van der Waals surface area contributed by atoms with Gasteiger partial charge < -0.3 is 5.32 Å². The summed E-state index contributed by atoms with van der Waals surface area (Å²) in [5.41, 5.74) is 3.17. The van der Waals surface area contributed by atoms with Gasteiger partial charge in [0.05, 0.1) is 11.1 Å². The van der Waals surface area contributed by atoms with Crippen LogP contribution in [0.4, 0.5) is 23.5 Å². The summed E-state index contributed by atoms with van der Waals surface area (Å²) in [6, 6.07) is 6.00. The van der Waals surface area contributed by atoms with Gasteiger partial charge >= 0.3 is 12.1 Å². The molecule has 0 bridgehead atoms. The minimum absolute atomic E-state index is 0.144. The number of carbonyl (C=O) groups is 2. The number of hydrogen-bond acceptors (Lipinski definition) is 5. The van der Waals surface area contributed by atoms with E-state index in [0.29, 0.717) is 0 Å². The third-order valence-corrected chi connectivity index (χ3v) is 3.96. The van der Waals surface area contributed by atoms with Crippen molar-refractivity contribution in [2.24, 2.45) is 0 Å². The topological polar surface area (TPSA) is 96.0 Å². The van der Waals surface area contributed by atoms with Crippen LogP contribution in [0.1, 0.15) is 28.8 Å². The summed E-state index contributed by atoms with van der Waals surface area (Å²) in [5.74, 6) is -3.45. The van der Waals surface area contributed by atoms with Crippen molar-refractivity contribution in [1.82, 2.24) is 20.8 Å². The summed E-state index contributed by atoms with van der Waals surface area (Å²) in [6.07, 6.45) is -1.34. The average molecular weight is 383 g/mol. The Morgan fingerprint density at radius 1 is 1.00 bits per heavy atom. The first kappa shape index (κ1) is 18.5. The lowest BCUT2D eigenvalue weighted by Gasteiger charge is -2.18. The quantitative estimate of drug-likeness (QED) is 0.555. The van der Waals surface area contributed by atoms with Crippen LogP contribution in [0.3, 0.4) is 0 Å². The van der Waals surface area contributed by atoms with Crippen LogP contribution in [0.25, 0.3) is 0 Å². The molecule has 1 heterocycles. The van der Waals surface area contributed by atoms with E-state index in [0.717, 1.165) is 30.8 Å². The number of nitrogens with zero attached hydrogens (tertiary/aromatic N) is 2. The molecule has 0 radical (unpaired) electrons. The van der Waals surface area contributed by atoms with Crippen molar-refractivity contribution in [3.8, 4) is 0 Å². The third-order valence-electron chi connectivity index (χ3n) is 3.96. The first-order valence-corrected chi connectivity index (χ1v) is 7.73. The minimum Gasteiger partial charge on any atom is -0.345 e. The van der Waals surface area contributed by atoms with Gasteiger partial charge in [0.2, 0.25) is 5.95 Å². The second kappa shape index (κ2) is 6.82.